The molecule has 3 unspecified atom stereocenters. The molecule has 1 aliphatic heterocycles. The SMILES string of the molecule is CSC1CCCC(NC(=O)N2CCc3ccccc3C2CO)C1. The first-order valence-corrected chi connectivity index (χ1v) is 9.80. The predicted octanol–water partition coefficient (Wildman–Crippen LogP) is 2.96. The summed E-state index contributed by atoms with van der Waals surface area (Å²) in [6.45, 7) is 0.648. The monoisotopic (exact) mass is 334 g/mol. The number of amides is 2. The first-order valence-electron chi connectivity index (χ1n) is 8.51. The summed E-state index contributed by atoms with van der Waals surface area (Å²) in [5.74, 6) is 0. The summed E-state index contributed by atoms with van der Waals surface area (Å²) in [5, 5.41) is 13.7. The Kier molecular flexibility index (Phi) is 5.49. The second kappa shape index (κ2) is 7.58. The van der Waals surface area contributed by atoms with Gasteiger partial charge in [0.25, 0.3) is 0 Å². The summed E-state index contributed by atoms with van der Waals surface area (Å²) >= 11 is 1.90. The van der Waals surface area contributed by atoms with Gasteiger partial charge < -0.3 is 15.3 Å². The van der Waals surface area contributed by atoms with Crippen LogP contribution in [-0.4, -0.2) is 46.7 Å². The van der Waals surface area contributed by atoms with Crippen LogP contribution in [0.4, 0.5) is 4.79 Å². The highest BCUT2D eigenvalue weighted by molar-refractivity contribution is 7.99. The molecule has 2 amide bonds. The first-order chi connectivity index (χ1) is 11.2. The number of urea groups is 1. The second-order valence-corrected chi connectivity index (χ2v) is 7.65. The molecule has 0 radical (unpaired) electrons. The molecule has 1 heterocycles. The molecule has 1 aliphatic carbocycles. The molecule has 4 nitrogen and oxygen atoms in total. The molecule has 0 bridgehead atoms. The van der Waals surface area contributed by atoms with Gasteiger partial charge in [0.2, 0.25) is 0 Å². The Hall–Kier alpha value is -1.20. The van der Waals surface area contributed by atoms with E-state index in [1.807, 2.05) is 34.9 Å². The van der Waals surface area contributed by atoms with Crippen LogP contribution < -0.4 is 5.32 Å². The van der Waals surface area contributed by atoms with E-state index in [2.05, 4.69) is 17.6 Å². The molecule has 2 N–H and O–H groups in total. The lowest BCUT2D eigenvalue weighted by Gasteiger charge is -2.38. The Bertz CT molecular complexity index is 552. The summed E-state index contributed by atoms with van der Waals surface area (Å²) in [6.07, 6.45) is 7.57. The van der Waals surface area contributed by atoms with Gasteiger partial charge in [-0.25, -0.2) is 4.79 Å². The summed E-state index contributed by atoms with van der Waals surface area (Å²) < 4.78 is 0. The van der Waals surface area contributed by atoms with Gasteiger partial charge in [0.05, 0.1) is 12.6 Å². The van der Waals surface area contributed by atoms with Crippen LogP contribution in [0.25, 0.3) is 0 Å². The number of carbonyl (C=O) groups excluding carboxylic acids is 1. The fourth-order valence-corrected chi connectivity index (χ4v) is 4.67. The zero-order valence-corrected chi connectivity index (χ0v) is 14.5. The number of fused-ring (bicyclic) bond motifs is 1. The third-order valence-electron chi connectivity index (χ3n) is 5.13. The van der Waals surface area contributed by atoms with Crippen molar-refractivity contribution < 1.29 is 9.90 Å². The number of nitrogens with one attached hydrogen (secondary N) is 1. The molecule has 2 aliphatic rings. The standard InChI is InChI=1S/C18H26N2O2S/c1-23-15-7-4-6-14(11-15)19-18(22)20-10-9-13-5-2-3-8-16(13)17(20)12-21/h2-3,5,8,14-15,17,21H,4,6-7,9-12H2,1H3,(H,19,22). The summed E-state index contributed by atoms with van der Waals surface area (Å²) in [4.78, 5) is 14.5. The van der Waals surface area contributed by atoms with Gasteiger partial charge in [0, 0.05) is 17.8 Å². The van der Waals surface area contributed by atoms with Crippen molar-refractivity contribution >= 4 is 17.8 Å². The molecule has 126 valence electrons. The van der Waals surface area contributed by atoms with Gasteiger partial charge in [-0.2, -0.15) is 11.8 Å². The number of nitrogens with zero attached hydrogens (tertiary/aromatic N) is 1. The van der Waals surface area contributed by atoms with Crippen molar-refractivity contribution in [2.75, 3.05) is 19.4 Å². The third kappa shape index (κ3) is 3.66. The molecule has 3 atom stereocenters. The van der Waals surface area contributed by atoms with E-state index in [0.717, 1.165) is 24.8 Å². The first kappa shape index (κ1) is 16.7. The number of rotatable bonds is 3. The number of aliphatic hydroxyl groups is 1. The molecule has 1 aromatic rings. The summed E-state index contributed by atoms with van der Waals surface area (Å²) in [7, 11) is 0. The third-order valence-corrected chi connectivity index (χ3v) is 6.23. The molecule has 3 rings (SSSR count). The number of aliphatic hydroxyl groups excluding tert-OH is 1. The van der Waals surface area contributed by atoms with Crippen LogP contribution in [0.3, 0.4) is 0 Å². The van der Waals surface area contributed by atoms with E-state index >= 15 is 0 Å². The molecule has 5 heteroatoms. The van der Waals surface area contributed by atoms with E-state index in [0.29, 0.717) is 11.8 Å². The lowest BCUT2D eigenvalue weighted by molar-refractivity contribution is 0.123. The van der Waals surface area contributed by atoms with Gasteiger partial charge in [-0.05, 0) is 43.1 Å². The molecular formula is C18H26N2O2S. The molecule has 0 spiro atoms. The minimum absolute atomic E-state index is 0.0229. The zero-order chi connectivity index (χ0) is 16.2. The fourth-order valence-electron chi connectivity index (χ4n) is 3.84. The molecule has 1 saturated carbocycles. The van der Waals surface area contributed by atoms with Crippen LogP contribution in [0.2, 0.25) is 0 Å². The number of hydrogen-bond acceptors (Lipinski definition) is 3. The lowest BCUT2D eigenvalue weighted by Crippen LogP contribution is -2.50. The van der Waals surface area contributed by atoms with Crippen molar-refractivity contribution in [3.05, 3.63) is 35.4 Å². The van der Waals surface area contributed by atoms with Crippen LogP contribution in [0.5, 0.6) is 0 Å². The lowest BCUT2D eigenvalue weighted by atomic mass is 9.93. The quantitative estimate of drug-likeness (QED) is 0.893. The average molecular weight is 334 g/mol. The molecular weight excluding hydrogens is 308 g/mol. The van der Waals surface area contributed by atoms with E-state index < -0.39 is 0 Å². The Morgan fingerprint density at radius 3 is 3.00 bits per heavy atom. The average Bonchev–Trinajstić information content (AvgIpc) is 2.60. The van der Waals surface area contributed by atoms with Crippen molar-refractivity contribution in [2.24, 2.45) is 0 Å². The van der Waals surface area contributed by atoms with Crippen molar-refractivity contribution in [1.82, 2.24) is 10.2 Å². The smallest absolute Gasteiger partial charge is 0.318 e. The number of benzene rings is 1. The molecule has 0 aromatic heterocycles. The van der Waals surface area contributed by atoms with Crippen LogP contribution in [-0.2, 0) is 6.42 Å². The minimum atomic E-state index is -0.222. The van der Waals surface area contributed by atoms with Gasteiger partial charge in [0.15, 0.2) is 0 Å². The van der Waals surface area contributed by atoms with E-state index in [1.165, 1.54) is 18.4 Å². The Morgan fingerprint density at radius 2 is 2.22 bits per heavy atom. The van der Waals surface area contributed by atoms with Crippen molar-refractivity contribution in [2.45, 2.75) is 49.4 Å². The van der Waals surface area contributed by atoms with E-state index in [1.54, 1.807) is 0 Å². The van der Waals surface area contributed by atoms with E-state index in [-0.39, 0.29) is 24.7 Å². The van der Waals surface area contributed by atoms with Crippen molar-refractivity contribution in [1.29, 1.82) is 0 Å². The Labute approximate surface area is 142 Å². The fraction of sp³-hybridized carbons (Fsp3) is 0.611. The Morgan fingerprint density at radius 1 is 1.39 bits per heavy atom. The van der Waals surface area contributed by atoms with Gasteiger partial charge in [-0.1, -0.05) is 30.7 Å². The number of carbonyl (C=O) groups is 1. The molecule has 1 fully saturated rings. The molecule has 1 aromatic carbocycles. The molecule has 23 heavy (non-hydrogen) atoms. The molecule has 0 saturated heterocycles. The normalized spacial score (nSPS) is 27.4. The van der Waals surface area contributed by atoms with Crippen LogP contribution in [0, 0.1) is 0 Å². The topological polar surface area (TPSA) is 52.6 Å². The maximum absolute atomic E-state index is 12.7. The second-order valence-electron chi connectivity index (χ2n) is 6.51. The summed E-state index contributed by atoms with van der Waals surface area (Å²) in [6, 6.07) is 8.15. The highest BCUT2D eigenvalue weighted by Gasteiger charge is 2.32. The minimum Gasteiger partial charge on any atom is -0.394 e. The maximum Gasteiger partial charge on any atom is 0.318 e. The number of thioether (sulfide) groups is 1. The van der Waals surface area contributed by atoms with Crippen LogP contribution >= 0.6 is 11.8 Å². The van der Waals surface area contributed by atoms with Crippen molar-refractivity contribution in [3.63, 3.8) is 0 Å². The predicted molar refractivity (Wildman–Crippen MR) is 94.8 cm³/mol. The van der Waals surface area contributed by atoms with E-state index in [9.17, 15) is 9.90 Å². The summed E-state index contributed by atoms with van der Waals surface area (Å²) in [5.41, 5.74) is 2.33. The van der Waals surface area contributed by atoms with Crippen molar-refractivity contribution in [3.8, 4) is 0 Å². The maximum atomic E-state index is 12.7. The van der Waals surface area contributed by atoms with Gasteiger partial charge in [0.1, 0.15) is 0 Å². The Balaban J connectivity index is 1.67. The highest BCUT2D eigenvalue weighted by Crippen LogP contribution is 2.30. The van der Waals surface area contributed by atoms with E-state index in [4.69, 9.17) is 0 Å². The van der Waals surface area contributed by atoms with Crippen LogP contribution in [0.15, 0.2) is 24.3 Å². The van der Waals surface area contributed by atoms with Gasteiger partial charge in [-0.3, -0.25) is 0 Å². The van der Waals surface area contributed by atoms with Crippen LogP contribution in [0.1, 0.15) is 42.9 Å². The zero-order valence-electron chi connectivity index (χ0n) is 13.7. The van der Waals surface area contributed by atoms with Gasteiger partial charge >= 0.3 is 6.03 Å². The number of hydrogen-bond donors (Lipinski definition) is 2. The largest absolute Gasteiger partial charge is 0.394 e. The van der Waals surface area contributed by atoms with Gasteiger partial charge in [-0.15, -0.1) is 0 Å². The highest BCUT2D eigenvalue weighted by atomic mass is 32.2.